The van der Waals surface area contributed by atoms with Crippen LogP contribution < -0.4 is 0 Å². The molecule has 2 aromatic rings. The van der Waals surface area contributed by atoms with Crippen molar-refractivity contribution in [3.63, 3.8) is 0 Å². The van der Waals surface area contributed by atoms with Gasteiger partial charge in [-0.2, -0.15) is 0 Å². The zero-order valence-electron chi connectivity index (χ0n) is 10.1. The lowest BCUT2D eigenvalue weighted by molar-refractivity contribution is 0.299. The topological polar surface area (TPSA) is 25.2 Å². The molecule has 2 nitrogen and oxygen atoms in total. The molecule has 1 heterocycles. The highest BCUT2D eigenvalue weighted by molar-refractivity contribution is 5.81. The van der Waals surface area contributed by atoms with E-state index in [4.69, 9.17) is 5.11 Å². The smallest absolute Gasteiger partial charge is 0.0483 e. The Morgan fingerprint density at radius 2 is 2.00 bits per heavy atom. The number of benzene rings is 1. The number of aliphatic hydroxyl groups excluding tert-OH is 1. The highest BCUT2D eigenvalue weighted by Gasteiger charge is 2.17. The summed E-state index contributed by atoms with van der Waals surface area (Å²) in [7, 11) is 0. The summed E-state index contributed by atoms with van der Waals surface area (Å²) in [5, 5.41) is 10.3. The van der Waals surface area contributed by atoms with Gasteiger partial charge in [-0.05, 0) is 48.4 Å². The highest BCUT2D eigenvalue weighted by Crippen LogP contribution is 2.32. The standard InChI is InChI=1S/C15H19NO/c17-10-8-12-5-6-15-13(11-12)7-9-16(15)14-3-1-2-4-14/h5-7,9,11,14,17H,1-4,8,10H2. The molecule has 0 bridgehead atoms. The maximum absolute atomic E-state index is 8.96. The first-order valence-electron chi connectivity index (χ1n) is 6.59. The van der Waals surface area contributed by atoms with E-state index in [1.54, 1.807) is 0 Å². The van der Waals surface area contributed by atoms with Crippen molar-refractivity contribution >= 4 is 10.9 Å². The normalized spacial score (nSPS) is 17.0. The Hall–Kier alpha value is -1.28. The summed E-state index contributed by atoms with van der Waals surface area (Å²) in [5.41, 5.74) is 2.57. The van der Waals surface area contributed by atoms with Crippen LogP contribution in [0.25, 0.3) is 10.9 Å². The van der Waals surface area contributed by atoms with Crippen LogP contribution in [0.15, 0.2) is 30.5 Å². The van der Waals surface area contributed by atoms with E-state index in [2.05, 4.69) is 35.0 Å². The molecule has 1 aromatic heterocycles. The van der Waals surface area contributed by atoms with Crippen molar-refractivity contribution in [1.82, 2.24) is 4.57 Å². The van der Waals surface area contributed by atoms with Crippen LogP contribution in [0.4, 0.5) is 0 Å². The summed E-state index contributed by atoms with van der Waals surface area (Å²) in [6.07, 6.45) is 8.36. The van der Waals surface area contributed by atoms with E-state index in [-0.39, 0.29) is 6.61 Å². The summed E-state index contributed by atoms with van der Waals surface area (Å²) < 4.78 is 2.44. The minimum atomic E-state index is 0.231. The van der Waals surface area contributed by atoms with E-state index < -0.39 is 0 Å². The first kappa shape index (κ1) is 10.8. The molecule has 17 heavy (non-hydrogen) atoms. The third-order valence-corrected chi connectivity index (χ3v) is 3.90. The van der Waals surface area contributed by atoms with E-state index >= 15 is 0 Å². The van der Waals surface area contributed by atoms with Crippen LogP contribution in [0.1, 0.15) is 37.3 Å². The van der Waals surface area contributed by atoms with Gasteiger partial charge in [0.05, 0.1) is 0 Å². The van der Waals surface area contributed by atoms with E-state index in [0.29, 0.717) is 6.04 Å². The molecule has 1 aromatic carbocycles. The molecule has 90 valence electrons. The molecule has 1 N–H and O–H groups in total. The lowest BCUT2D eigenvalue weighted by Gasteiger charge is -2.13. The van der Waals surface area contributed by atoms with Gasteiger partial charge in [-0.3, -0.25) is 0 Å². The fourth-order valence-corrected chi connectivity index (χ4v) is 3.00. The fourth-order valence-electron chi connectivity index (χ4n) is 3.00. The van der Waals surface area contributed by atoms with Gasteiger partial charge < -0.3 is 9.67 Å². The second kappa shape index (κ2) is 4.53. The van der Waals surface area contributed by atoms with Gasteiger partial charge in [-0.15, -0.1) is 0 Å². The lowest BCUT2D eigenvalue weighted by atomic mass is 10.1. The van der Waals surface area contributed by atoms with Crippen LogP contribution >= 0.6 is 0 Å². The average molecular weight is 229 g/mol. The largest absolute Gasteiger partial charge is 0.396 e. The summed E-state index contributed by atoms with van der Waals surface area (Å²) in [5.74, 6) is 0. The Morgan fingerprint density at radius 1 is 1.18 bits per heavy atom. The number of aromatic nitrogens is 1. The highest BCUT2D eigenvalue weighted by atomic mass is 16.2. The Labute approximate surface area is 102 Å². The van der Waals surface area contributed by atoms with Crippen molar-refractivity contribution in [3.05, 3.63) is 36.0 Å². The predicted octanol–water partition coefficient (Wildman–Crippen LogP) is 3.29. The quantitative estimate of drug-likeness (QED) is 0.858. The van der Waals surface area contributed by atoms with E-state index in [1.165, 1.54) is 42.1 Å². The minimum Gasteiger partial charge on any atom is -0.396 e. The second-order valence-corrected chi connectivity index (χ2v) is 5.03. The Morgan fingerprint density at radius 3 is 2.76 bits per heavy atom. The number of aliphatic hydroxyl groups is 1. The monoisotopic (exact) mass is 229 g/mol. The van der Waals surface area contributed by atoms with Crippen LogP contribution in [0.3, 0.4) is 0 Å². The van der Waals surface area contributed by atoms with Crippen molar-refractivity contribution in [3.8, 4) is 0 Å². The van der Waals surface area contributed by atoms with E-state index in [9.17, 15) is 0 Å². The van der Waals surface area contributed by atoms with Gasteiger partial charge >= 0.3 is 0 Å². The van der Waals surface area contributed by atoms with Crippen LogP contribution in [0, 0.1) is 0 Å². The maximum atomic E-state index is 8.96. The number of hydrogen-bond donors (Lipinski definition) is 1. The molecule has 0 atom stereocenters. The zero-order chi connectivity index (χ0) is 11.7. The van der Waals surface area contributed by atoms with Gasteiger partial charge in [-0.25, -0.2) is 0 Å². The van der Waals surface area contributed by atoms with Crippen molar-refractivity contribution in [2.45, 2.75) is 38.1 Å². The van der Waals surface area contributed by atoms with Gasteiger partial charge in [0.25, 0.3) is 0 Å². The molecule has 3 rings (SSSR count). The first-order chi connectivity index (χ1) is 8.38. The summed E-state index contributed by atoms with van der Waals surface area (Å²) >= 11 is 0. The molecule has 0 radical (unpaired) electrons. The van der Waals surface area contributed by atoms with E-state index in [0.717, 1.165) is 6.42 Å². The molecule has 0 aliphatic heterocycles. The molecule has 0 saturated heterocycles. The Bertz CT molecular complexity index is 509. The van der Waals surface area contributed by atoms with Gasteiger partial charge in [0.15, 0.2) is 0 Å². The van der Waals surface area contributed by atoms with Crippen molar-refractivity contribution in [2.75, 3.05) is 6.61 Å². The van der Waals surface area contributed by atoms with E-state index in [1.807, 2.05) is 0 Å². The molecule has 1 fully saturated rings. The Balaban J connectivity index is 1.98. The molecular formula is C15H19NO. The molecule has 1 saturated carbocycles. The summed E-state index contributed by atoms with van der Waals surface area (Å²) in [6, 6.07) is 9.46. The van der Waals surface area contributed by atoms with Crippen LogP contribution in [0.2, 0.25) is 0 Å². The third kappa shape index (κ3) is 1.98. The molecular weight excluding hydrogens is 210 g/mol. The van der Waals surface area contributed by atoms with Gasteiger partial charge in [-0.1, -0.05) is 18.9 Å². The molecule has 0 spiro atoms. The Kier molecular flexibility index (Phi) is 2.89. The zero-order valence-corrected chi connectivity index (χ0v) is 10.1. The molecule has 1 aliphatic rings. The molecule has 0 amide bonds. The number of rotatable bonds is 3. The van der Waals surface area contributed by atoms with Crippen LogP contribution in [-0.2, 0) is 6.42 Å². The van der Waals surface area contributed by atoms with Crippen molar-refractivity contribution in [1.29, 1.82) is 0 Å². The SMILES string of the molecule is OCCc1ccc2c(ccn2C2CCCC2)c1. The van der Waals surface area contributed by atoms with Gasteiger partial charge in [0.1, 0.15) is 0 Å². The molecule has 1 aliphatic carbocycles. The summed E-state index contributed by atoms with van der Waals surface area (Å²) in [6.45, 7) is 0.231. The van der Waals surface area contributed by atoms with Crippen molar-refractivity contribution in [2.24, 2.45) is 0 Å². The van der Waals surface area contributed by atoms with Crippen LogP contribution in [0.5, 0.6) is 0 Å². The number of nitrogens with zero attached hydrogens (tertiary/aromatic N) is 1. The maximum Gasteiger partial charge on any atom is 0.0483 e. The average Bonchev–Trinajstić information content (AvgIpc) is 2.96. The summed E-state index contributed by atoms with van der Waals surface area (Å²) in [4.78, 5) is 0. The van der Waals surface area contributed by atoms with Crippen LogP contribution in [-0.4, -0.2) is 16.3 Å². The minimum absolute atomic E-state index is 0.231. The fraction of sp³-hybridized carbons (Fsp3) is 0.467. The molecule has 2 heteroatoms. The van der Waals surface area contributed by atoms with Crippen molar-refractivity contribution < 1.29 is 5.11 Å². The van der Waals surface area contributed by atoms with Gasteiger partial charge in [0.2, 0.25) is 0 Å². The third-order valence-electron chi connectivity index (χ3n) is 3.90. The molecule has 0 unspecified atom stereocenters. The van der Waals surface area contributed by atoms with Gasteiger partial charge in [0, 0.05) is 24.4 Å². The first-order valence-corrected chi connectivity index (χ1v) is 6.59. The predicted molar refractivity (Wildman–Crippen MR) is 70.2 cm³/mol. The number of hydrogen-bond acceptors (Lipinski definition) is 1. The number of fused-ring (bicyclic) bond motifs is 1. The lowest BCUT2D eigenvalue weighted by Crippen LogP contribution is -2.02. The second-order valence-electron chi connectivity index (χ2n) is 5.03.